The first-order valence-electron chi connectivity index (χ1n) is 7.49. The zero-order chi connectivity index (χ0) is 16.1. The normalized spacial score (nSPS) is 16.8. The van der Waals surface area contributed by atoms with Gasteiger partial charge in [-0.15, -0.1) is 0 Å². The Labute approximate surface area is 134 Å². The van der Waals surface area contributed by atoms with E-state index in [0.29, 0.717) is 17.3 Å². The van der Waals surface area contributed by atoms with Crippen LogP contribution in [0.3, 0.4) is 0 Å². The topological polar surface area (TPSA) is 70.0 Å². The molecule has 1 aromatic carbocycles. The highest BCUT2D eigenvalue weighted by atomic mass is 19.1. The molecule has 1 aliphatic rings. The zero-order valence-electron chi connectivity index (χ0n) is 12.6. The second-order valence-electron chi connectivity index (χ2n) is 5.42. The van der Waals surface area contributed by atoms with Crippen LogP contribution in [0.2, 0.25) is 0 Å². The number of nitrogens with zero attached hydrogens (tertiary/aromatic N) is 2. The standard InChI is InChI=1S/C17H17FN4O/c18-16-4-3-13(22-14-5-6-20-10-14)7-17(16)23-11-15-2-1-12(8-19)9-21-15/h1-4,7,9,14,20,22H,5-6,10-11H2/t14-/m1/s1. The molecule has 0 spiro atoms. The molecule has 0 saturated carbocycles. The summed E-state index contributed by atoms with van der Waals surface area (Å²) in [7, 11) is 0. The van der Waals surface area contributed by atoms with Crippen molar-refractivity contribution in [3.63, 3.8) is 0 Å². The second-order valence-corrected chi connectivity index (χ2v) is 5.42. The van der Waals surface area contributed by atoms with Crippen molar-refractivity contribution >= 4 is 5.69 Å². The molecule has 23 heavy (non-hydrogen) atoms. The fraction of sp³-hybridized carbons (Fsp3) is 0.294. The molecule has 0 radical (unpaired) electrons. The van der Waals surface area contributed by atoms with Crippen LogP contribution in [0, 0.1) is 17.1 Å². The Morgan fingerprint density at radius 3 is 3.00 bits per heavy atom. The van der Waals surface area contributed by atoms with Gasteiger partial charge in [0.1, 0.15) is 12.7 Å². The third-order valence-electron chi connectivity index (χ3n) is 3.69. The lowest BCUT2D eigenvalue weighted by Crippen LogP contribution is -2.22. The molecule has 2 aromatic rings. The molecule has 1 aliphatic heterocycles. The first kappa shape index (κ1) is 15.3. The quantitative estimate of drug-likeness (QED) is 0.887. The van der Waals surface area contributed by atoms with Gasteiger partial charge in [-0.3, -0.25) is 4.98 Å². The van der Waals surface area contributed by atoms with Crippen molar-refractivity contribution < 1.29 is 9.13 Å². The minimum Gasteiger partial charge on any atom is -0.484 e. The van der Waals surface area contributed by atoms with E-state index in [1.54, 1.807) is 24.3 Å². The van der Waals surface area contributed by atoms with Crippen LogP contribution in [-0.4, -0.2) is 24.1 Å². The van der Waals surface area contributed by atoms with Gasteiger partial charge in [0.2, 0.25) is 0 Å². The maximum Gasteiger partial charge on any atom is 0.165 e. The van der Waals surface area contributed by atoms with Gasteiger partial charge in [0.25, 0.3) is 0 Å². The molecule has 0 amide bonds. The first-order chi connectivity index (χ1) is 11.2. The SMILES string of the molecule is N#Cc1ccc(COc2cc(N[C@@H]3CCNC3)ccc2F)nc1. The van der Waals surface area contributed by atoms with Crippen LogP contribution < -0.4 is 15.4 Å². The van der Waals surface area contributed by atoms with E-state index in [1.807, 2.05) is 6.07 Å². The Morgan fingerprint density at radius 2 is 2.30 bits per heavy atom. The second kappa shape index (κ2) is 7.07. The van der Waals surface area contributed by atoms with Gasteiger partial charge in [0.15, 0.2) is 11.6 Å². The molecule has 2 N–H and O–H groups in total. The molecule has 6 heteroatoms. The maximum atomic E-state index is 13.9. The Bertz CT molecular complexity index is 706. The number of nitrogens with one attached hydrogen (secondary N) is 2. The summed E-state index contributed by atoms with van der Waals surface area (Å²) >= 11 is 0. The smallest absolute Gasteiger partial charge is 0.165 e. The number of nitriles is 1. The molecule has 0 unspecified atom stereocenters. The van der Waals surface area contributed by atoms with E-state index in [4.69, 9.17) is 10.00 Å². The van der Waals surface area contributed by atoms with Crippen LogP contribution in [0.1, 0.15) is 17.7 Å². The van der Waals surface area contributed by atoms with Crippen molar-refractivity contribution in [2.75, 3.05) is 18.4 Å². The zero-order valence-corrected chi connectivity index (χ0v) is 12.6. The number of aromatic nitrogens is 1. The average Bonchev–Trinajstić information content (AvgIpc) is 3.09. The number of ether oxygens (including phenoxy) is 1. The number of halogens is 1. The van der Waals surface area contributed by atoms with E-state index in [9.17, 15) is 4.39 Å². The lowest BCUT2D eigenvalue weighted by Gasteiger charge is -2.14. The van der Waals surface area contributed by atoms with Crippen molar-refractivity contribution in [1.29, 1.82) is 5.26 Å². The van der Waals surface area contributed by atoms with Crippen LogP contribution in [-0.2, 0) is 6.61 Å². The van der Waals surface area contributed by atoms with Crippen molar-refractivity contribution in [2.45, 2.75) is 19.1 Å². The highest BCUT2D eigenvalue weighted by molar-refractivity contribution is 5.49. The fourth-order valence-corrected chi connectivity index (χ4v) is 2.45. The molecule has 5 nitrogen and oxygen atoms in total. The van der Waals surface area contributed by atoms with Crippen LogP contribution in [0.15, 0.2) is 36.5 Å². The minimum absolute atomic E-state index is 0.150. The fourth-order valence-electron chi connectivity index (χ4n) is 2.45. The Hall–Kier alpha value is -2.65. The molecule has 0 bridgehead atoms. The summed E-state index contributed by atoms with van der Waals surface area (Å²) in [6.45, 7) is 2.05. The van der Waals surface area contributed by atoms with Gasteiger partial charge < -0.3 is 15.4 Å². The molecule has 3 rings (SSSR count). The Kier molecular flexibility index (Phi) is 4.69. The van der Waals surface area contributed by atoms with Gasteiger partial charge >= 0.3 is 0 Å². The van der Waals surface area contributed by atoms with Gasteiger partial charge in [-0.25, -0.2) is 4.39 Å². The summed E-state index contributed by atoms with van der Waals surface area (Å²) in [4.78, 5) is 4.11. The van der Waals surface area contributed by atoms with E-state index in [-0.39, 0.29) is 12.4 Å². The summed E-state index contributed by atoms with van der Waals surface area (Å²) in [5.41, 5.74) is 1.96. The summed E-state index contributed by atoms with van der Waals surface area (Å²) < 4.78 is 19.4. The van der Waals surface area contributed by atoms with Crippen LogP contribution in [0.25, 0.3) is 0 Å². The van der Waals surface area contributed by atoms with Gasteiger partial charge in [0, 0.05) is 30.5 Å². The van der Waals surface area contributed by atoms with Gasteiger partial charge in [-0.05, 0) is 37.2 Å². The predicted octanol–water partition coefficient (Wildman–Crippen LogP) is 2.45. The van der Waals surface area contributed by atoms with E-state index >= 15 is 0 Å². The van der Waals surface area contributed by atoms with Crippen LogP contribution >= 0.6 is 0 Å². The number of anilines is 1. The molecule has 1 fully saturated rings. The van der Waals surface area contributed by atoms with Gasteiger partial charge in [-0.1, -0.05) is 0 Å². The van der Waals surface area contributed by atoms with E-state index in [1.165, 1.54) is 12.3 Å². The molecule has 118 valence electrons. The summed E-state index contributed by atoms with van der Waals surface area (Å²) in [6.07, 6.45) is 2.52. The lowest BCUT2D eigenvalue weighted by atomic mass is 10.2. The minimum atomic E-state index is -0.409. The summed E-state index contributed by atoms with van der Waals surface area (Å²) in [5, 5.41) is 15.4. The molecular weight excluding hydrogens is 295 g/mol. The number of rotatable bonds is 5. The Balaban J connectivity index is 1.65. The molecular formula is C17H17FN4O. The molecule has 2 heterocycles. The van der Waals surface area contributed by atoms with Crippen molar-refractivity contribution in [1.82, 2.24) is 10.3 Å². The van der Waals surface area contributed by atoms with Crippen molar-refractivity contribution in [3.05, 3.63) is 53.6 Å². The van der Waals surface area contributed by atoms with Crippen LogP contribution in [0.4, 0.5) is 10.1 Å². The van der Waals surface area contributed by atoms with Crippen molar-refractivity contribution in [3.8, 4) is 11.8 Å². The number of pyridine rings is 1. The summed E-state index contributed by atoms with van der Waals surface area (Å²) in [5.74, 6) is -0.221. The van der Waals surface area contributed by atoms with Crippen molar-refractivity contribution in [2.24, 2.45) is 0 Å². The predicted molar refractivity (Wildman–Crippen MR) is 84.6 cm³/mol. The Morgan fingerprint density at radius 1 is 1.39 bits per heavy atom. The van der Waals surface area contributed by atoms with E-state index < -0.39 is 5.82 Å². The molecule has 1 atom stereocenters. The molecule has 0 aliphatic carbocycles. The lowest BCUT2D eigenvalue weighted by molar-refractivity contribution is 0.286. The van der Waals surface area contributed by atoms with E-state index in [0.717, 1.165) is 25.2 Å². The van der Waals surface area contributed by atoms with Gasteiger partial charge in [0.05, 0.1) is 11.3 Å². The maximum absolute atomic E-state index is 13.9. The largest absolute Gasteiger partial charge is 0.484 e. The third kappa shape index (κ3) is 3.96. The first-order valence-corrected chi connectivity index (χ1v) is 7.49. The highest BCUT2D eigenvalue weighted by Gasteiger charge is 2.15. The monoisotopic (exact) mass is 312 g/mol. The van der Waals surface area contributed by atoms with Crippen LogP contribution in [0.5, 0.6) is 5.75 Å². The number of hydrogen-bond acceptors (Lipinski definition) is 5. The third-order valence-corrected chi connectivity index (χ3v) is 3.69. The molecule has 1 saturated heterocycles. The van der Waals surface area contributed by atoms with E-state index in [2.05, 4.69) is 15.6 Å². The average molecular weight is 312 g/mol. The van der Waals surface area contributed by atoms with Gasteiger partial charge in [-0.2, -0.15) is 5.26 Å². The highest BCUT2D eigenvalue weighted by Crippen LogP contribution is 2.24. The summed E-state index contributed by atoms with van der Waals surface area (Å²) in [6, 6.07) is 10.5. The molecule has 1 aromatic heterocycles. The number of benzene rings is 1. The number of hydrogen-bond donors (Lipinski definition) is 2.